The van der Waals surface area contributed by atoms with Gasteiger partial charge in [0, 0.05) is 17.8 Å². The third kappa shape index (κ3) is 5.07. The van der Waals surface area contributed by atoms with Gasteiger partial charge in [-0.2, -0.15) is 0 Å². The van der Waals surface area contributed by atoms with E-state index in [-0.39, 0.29) is 16.3 Å². The summed E-state index contributed by atoms with van der Waals surface area (Å²) in [7, 11) is 0. The van der Waals surface area contributed by atoms with Gasteiger partial charge in [0.15, 0.2) is 0 Å². The predicted molar refractivity (Wildman–Crippen MR) is 145 cm³/mol. The highest BCUT2D eigenvalue weighted by molar-refractivity contribution is 5.73. The van der Waals surface area contributed by atoms with E-state index in [0.717, 1.165) is 24.3 Å². The molecule has 190 valence electrons. The minimum atomic E-state index is -0.638. The van der Waals surface area contributed by atoms with E-state index >= 15 is 0 Å². The molecule has 0 aromatic heterocycles. The van der Waals surface area contributed by atoms with Crippen LogP contribution in [0.2, 0.25) is 0 Å². The van der Waals surface area contributed by atoms with E-state index in [4.69, 9.17) is 4.74 Å². The number of anilines is 2. The lowest BCUT2D eigenvalue weighted by Crippen LogP contribution is -2.59. The van der Waals surface area contributed by atoms with Crippen LogP contribution in [0.4, 0.5) is 11.4 Å². The summed E-state index contributed by atoms with van der Waals surface area (Å²) in [6.07, 6.45) is 17.3. The van der Waals surface area contributed by atoms with Crippen LogP contribution in [-0.4, -0.2) is 17.5 Å². The predicted octanol–water partition coefficient (Wildman–Crippen LogP) is 8.20. The van der Waals surface area contributed by atoms with Crippen LogP contribution in [0.15, 0.2) is 48.5 Å². The monoisotopic (exact) mass is 477 g/mol. The normalized spacial score (nSPS) is 19.5. The Labute approximate surface area is 210 Å². The van der Waals surface area contributed by atoms with Crippen molar-refractivity contribution in [3.8, 4) is 5.75 Å². The fourth-order valence-corrected chi connectivity index (χ4v) is 5.75. The molecule has 1 N–H and O–H groups in total. The molecule has 2 aromatic carbocycles. The van der Waals surface area contributed by atoms with E-state index in [2.05, 4.69) is 56.0 Å². The van der Waals surface area contributed by atoms with Crippen molar-refractivity contribution in [2.75, 3.05) is 16.7 Å². The van der Waals surface area contributed by atoms with Crippen molar-refractivity contribution >= 4 is 17.5 Å². The number of para-hydroxylation sites is 1. The second-order valence-corrected chi connectivity index (χ2v) is 10.6. The second-order valence-electron chi connectivity index (χ2n) is 10.6. The molecule has 4 rings (SSSR count). The van der Waals surface area contributed by atoms with Crippen LogP contribution in [-0.2, 0) is 5.41 Å². The summed E-state index contributed by atoms with van der Waals surface area (Å²) in [5.74, 6) is 0.729. The molecule has 0 aliphatic carbocycles. The highest BCUT2D eigenvalue weighted by Crippen LogP contribution is 2.55. The zero-order chi connectivity index (χ0) is 24.9. The third-order valence-electron chi connectivity index (χ3n) is 7.87. The van der Waals surface area contributed by atoms with Gasteiger partial charge in [0.1, 0.15) is 5.75 Å². The number of benzene rings is 2. The van der Waals surface area contributed by atoms with Gasteiger partial charge in [0.05, 0.1) is 11.1 Å². The maximum Gasteiger partial charge on any atom is 0.212 e. The highest BCUT2D eigenvalue weighted by atomic mass is 16.8. The van der Waals surface area contributed by atoms with Crippen LogP contribution in [0, 0.1) is 5.21 Å². The molecular weight excluding hydrogens is 436 g/mol. The largest absolute Gasteiger partial charge is 0.733 e. The number of rotatable bonds is 12. The Balaban J connectivity index is 1.45. The van der Waals surface area contributed by atoms with Gasteiger partial charge in [-0.05, 0) is 62.2 Å². The summed E-state index contributed by atoms with van der Waals surface area (Å²) < 4.78 is 6.80. The molecular formula is C30H41N2O3-. The molecule has 35 heavy (non-hydrogen) atoms. The molecule has 5 heteroatoms. The highest BCUT2D eigenvalue weighted by Gasteiger charge is 2.58. The lowest BCUT2D eigenvalue weighted by atomic mass is 9.76. The average Bonchev–Trinajstić information content (AvgIpc) is 3.03. The molecule has 0 unspecified atom stereocenters. The molecule has 2 heterocycles. The summed E-state index contributed by atoms with van der Waals surface area (Å²) in [5, 5.41) is 20.6. The van der Waals surface area contributed by atoms with Crippen LogP contribution in [0.3, 0.4) is 0 Å². The van der Waals surface area contributed by atoms with Crippen molar-refractivity contribution in [2.45, 2.75) is 96.1 Å². The van der Waals surface area contributed by atoms with E-state index in [1.54, 1.807) is 18.2 Å². The molecule has 0 amide bonds. The van der Waals surface area contributed by atoms with Gasteiger partial charge in [0.2, 0.25) is 5.72 Å². The first-order valence-electron chi connectivity index (χ1n) is 13.5. The average molecular weight is 478 g/mol. The second kappa shape index (κ2) is 11.0. The van der Waals surface area contributed by atoms with Crippen LogP contribution in [0.5, 0.6) is 5.75 Å². The van der Waals surface area contributed by atoms with Gasteiger partial charge in [0.25, 0.3) is 0 Å². The molecule has 2 aromatic rings. The van der Waals surface area contributed by atoms with E-state index in [1.807, 2.05) is 6.08 Å². The summed E-state index contributed by atoms with van der Waals surface area (Å²) in [5.41, 5.74) is 2.62. The van der Waals surface area contributed by atoms with Crippen molar-refractivity contribution in [1.29, 1.82) is 0 Å². The summed E-state index contributed by atoms with van der Waals surface area (Å²) >= 11 is 0. The summed E-state index contributed by atoms with van der Waals surface area (Å²) in [4.78, 5) is 2.44. The zero-order valence-electron chi connectivity index (χ0n) is 21.6. The van der Waals surface area contributed by atoms with E-state index in [9.17, 15) is 10.4 Å². The Morgan fingerprint density at radius 1 is 0.914 bits per heavy atom. The lowest BCUT2D eigenvalue weighted by Gasteiger charge is -2.47. The zero-order valence-corrected chi connectivity index (χ0v) is 21.6. The maximum atomic E-state index is 11.4. The van der Waals surface area contributed by atoms with Crippen LogP contribution >= 0.6 is 0 Å². The number of ether oxygens (including phenoxy) is 1. The Morgan fingerprint density at radius 3 is 2.26 bits per heavy atom. The molecule has 2 aliphatic heterocycles. The van der Waals surface area contributed by atoms with Crippen molar-refractivity contribution in [2.24, 2.45) is 0 Å². The molecule has 0 fully saturated rings. The molecule has 0 bridgehead atoms. The van der Waals surface area contributed by atoms with Crippen LogP contribution < -0.4 is 14.9 Å². The molecule has 5 nitrogen and oxygen atoms in total. The van der Waals surface area contributed by atoms with Crippen LogP contribution in [0.1, 0.15) is 96.1 Å². The molecule has 0 radical (unpaired) electrons. The maximum absolute atomic E-state index is 11.4. The Kier molecular flexibility index (Phi) is 8.08. The molecule has 0 saturated heterocycles. The van der Waals surface area contributed by atoms with E-state index in [0.29, 0.717) is 0 Å². The van der Waals surface area contributed by atoms with Crippen LogP contribution in [0.25, 0.3) is 6.08 Å². The van der Waals surface area contributed by atoms with Gasteiger partial charge < -0.3 is 20.1 Å². The number of hydrogen-bond donors (Lipinski definition) is 1. The topological polar surface area (TPSA) is 59.0 Å². The first-order chi connectivity index (χ1) is 16.9. The number of fused-ring (bicyclic) bond motifs is 2. The number of nitrogens with zero attached hydrogens (tertiary/aromatic N) is 2. The minimum absolute atomic E-state index is 0.106. The fourth-order valence-electron chi connectivity index (χ4n) is 5.75. The van der Waals surface area contributed by atoms with Crippen molar-refractivity contribution in [3.05, 3.63) is 64.9 Å². The summed E-state index contributed by atoms with van der Waals surface area (Å²) in [6.45, 7) is 7.70. The van der Waals surface area contributed by atoms with Gasteiger partial charge in [-0.3, -0.25) is 5.21 Å². The molecule has 1 spiro atoms. The Hall–Kier alpha value is -2.50. The van der Waals surface area contributed by atoms with Crippen molar-refractivity contribution < 1.29 is 9.94 Å². The Morgan fingerprint density at radius 2 is 1.57 bits per heavy atom. The van der Waals surface area contributed by atoms with Crippen molar-refractivity contribution in [1.82, 2.24) is 0 Å². The number of hydrogen-bond acceptors (Lipinski definition) is 5. The molecule has 0 saturated carbocycles. The lowest BCUT2D eigenvalue weighted by molar-refractivity contribution is 0.0531. The molecule has 1 atom stereocenters. The van der Waals surface area contributed by atoms with Crippen molar-refractivity contribution in [3.63, 3.8) is 0 Å². The SMILES string of the molecule is CCCCCCCCCCCCN1c2ccccc2C(C)(C)[C@]12C=Cc1cc(N([O-])O)ccc1O2. The Bertz CT molecular complexity index is 1020. The fraction of sp³-hybridized carbons (Fsp3) is 0.533. The van der Waals surface area contributed by atoms with E-state index < -0.39 is 5.72 Å². The summed E-state index contributed by atoms with van der Waals surface area (Å²) in [6, 6.07) is 13.7. The molecule has 2 aliphatic rings. The van der Waals surface area contributed by atoms with Gasteiger partial charge in [-0.15, -0.1) is 0 Å². The first-order valence-corrected chi connectivity index (χ1v) is 13.5. The van der Waals surface area contributed by atoms with Gasteiger partial charge in [-0.1, -0.05) is 82.9 Å². The standard InChI is InChI=1S/C30H41N2O3/c1-4-5-6-7-8-9-10-11-12-15-22-31-27-17-14-13-16-26(27)29(2,3)30(31)21-20-24-23-25(32(33)34)18-19-28(24)35-30/h13-14,16-21,23,33H,4-12,15,22H2,1-3H3/q-1/t30-/m1/s1. The van der Waals surface area contributed by atoms with Gasteiger partial charge >= 0.3 is 0 Å². The quantitative estimate of drug-likeness (QED) is 0.247. The first kappa shape index (κ1) is 25.6. The minimum Gasteiger partial charge on any atom is -0.733 e. The van der Waals surface area contributed by atoms with E-state index in [1.165, 1.54) is 69.0 Å². The van der Waals surface area contributed by atoms with Gasteiger partial charge in [-0.25, -0.2) is 0 Å². The number of unbranched alkanes of at least 4 members (excludes halogenated alkanes) is 9. The smallest absolute Gasteiger partial charge is 0.212 e. The third-order valence-corrected chi connectivity index (χ3v) is 7.87.